The molecule has 0 heterocycles. The molecule has 0 aromatic heterocycles. The van der Waals surface area contributed by atoms with Crippen LogP contribution in [0.2, 0.25) is 0 Å². The number of rotatable bonds is 3. The molecule has 0 bridgehead atoms. The predicted molar refractivity (Wildman–Crippen MR) is 73.2 cm³/mol. The summed E-state index contributed by atoms with van der Waals surface area (Å²) in [5.74, 6) is 0.347. The summed E-state index contributed by atoms with van der Waals surface area (Å²) in [7, 11) is 0. The van der Waals surface area contributed by atoms with Crippen molar-refractivity contribution < 1.29 is 9.13 Å². The first-order valence-electron chi connectivity index (χ1n) is 5.55. The number of para-hydroxylation sites is 1. The van der Waals surface area contributed by atoms with Crippen LogP contribution in [0.5, 0.6) is 11.5 Å². The fourth-order valence-electron chi connectivity index (χ4n) is 1.62. The Morgan fingerprint density at radius 3 is 2.61 bits per heavy atom. The Kier molecular flexibility index (Phi) is 3.99. The zero-order chi connectivity index (χ0) is 13.1. The van der Waals surface area contributed by atoms with Crippen molar-refractivity contribution >= 4 is 15.9 Å². The molecule has 0 aliphatic rings. The van der Waals surface area contributed by atoms with Gasteiger partial charge in [-0.15, -0.1) is 0 Å². The lowest BCUT2D eigenvalue weighted by Gasteiger charge is -2.14. The molecule has 0 saturated heterocycles. The lowest BCUT2D eigenvalue weighted by atomic mass is 10.1. The quantitative estimate of drug-likeness (QED) is 0.912. The van der Waals surface area contributed by atoms with E-state index in [1.54, 1.807) is 18.2 Å². The van der Waals surface area contributed by atoms with Crippen molar-refractivity contribution in [3.8, 4) is 11.5 Å². The van der Waals surface area contributed by atoms with Gasteiger partial charge in [0.15, 0.2) is 11.6 Å². The average molecular weight is 310 g/mol. The molecule has 0 fully saturated rings. The average Bonchev–Trinajstić information content (AvgIpc) is 2.34. The monoisotopic (exact) mass is 309 g/mol. The second-order valence-electron chi connectivity index (χ2n) is 4.00. The molecule has 1 atom stereocenters. The van der Waals surface area contributed by atoms with E-state index in [1.807, 2.05) is 25.1 Å². The molecule has 2 aromatic rings. The fraction of sp³-hybridized carbons (Fsp3) is 0.143. The van der Waals surface area contributed by atoms with Crippen LogP contribution in [-0.4, -0.2) is 0 Å². The van der Waals surface area contributed by atoms with Gasteiger partial charge in [-0.25, -0.2) is 4.39 Å². The van der Waals surface area contributed by atoms with Crippen LogP contribution in [0.25, 0.3) is 0 Å². The first kappa shape index (κ1) is 13.1. The van der Waals surface area contributed by atoms with Gasteiger partial charge < -0.3 is 10.5 Å². The van der Waals surface area contributed by atoms with Crippen LogP contribution in [-0.2, 0) is 0 Å². The van der Waals surface area contributed by atoms with Gasteiger partial charge in [0.2, 0.25) is 0 Å². The van der Waals surface area contributed by atoms with Gasteiger partial charge in [-0.1, -0.05) is 34.1 Å². The lowest BCUT2D eigenvalue weighted by Crippen LogP contribution is -2.06. The molecule has 0 spiro atoms. The topological polar surface area (TPSA) is 35.2 Å². The van der Waals surface area contributed by atoms with E-state index in [1.165, 1.54) is 6.07 Å². The molecule has 0 aliphatic heterocycles. The minimum atomic E-state index is -0.405. The summed E-state index contributed by atoms with van der Waals surface area (Å²) in [5, 5.41) is 0. The predicted octanol–water partition coefficient (Wildman–Crippen LogP) is 4.40. The molecule has 94 valence electrons. The second kappa shape index (κ2) is 5.50. The standard InChI is InChI=1S/C14H13BrFNO/c1-9(17)11-4-2-3-5-13(11)18-14-8-10(15)6-7-12(14)16/h2-9H,17H2,1H3/t9-/m1/s1. The van der Waals surface area contributed by atoms with Crippen molar-refractivity contribution in [1.29, 1.82) is 0 Å². The van der Waals surface area contributed by atoms with E-state index >= 15 is 0 Å². The van der Waals surface area contributed by atoms with Crippen LogP contribution in [0.3, 0.4) is 0 Å². The smallest absolute Gasteiger partial charge is 0.165 e. The van der Waals surface area contributed by atoms with E-state index in [0.717, 1.165) is 10.0 Å². The maximum Gasteiger partial charge on any atom is 0.165 e. The number of benzene rings is 2. The Labute approximate surface area is 114 Å². The van der Waals surface area contributed by atoms with Crippen LogP contribution in [0, 0.1) is 5.82 Å². The summed E-state index contributed by atoms with van der Waals surface area (Å²) < 4.78 is 20.0. The summed E-state index contributed by atoms with van der Waals surface area (Å²) >= 11 is 3.29. The van der Waals surface area contributed by atoms with Crippen molar-refractivity contribution in [3.05, 3.63) is 58.3 Å². The molecule has 0 saturated carbocycles. The zero-order valence-corrected chi connectivity index (χ0v) is 11.4. The number of hydrogen-bond donors (Lipinski definition) is 1. The van der Waals surface area contributed by atoms with Crippen molar-refractivity contribution in [3.63, 3.8) is 0 Å². The molecule has 0 amide bonds. The van der Waals surface area contributed by atoms with Gasteiger partial charge >= 0.3 is 0 Å². The molecule has 2 N–H and O–H groups in total. The number of halogens is 2. The van der Waals surface area contributed by atoms with E-state index in [0.29, 0.717) is 5.75 Å². The minimum absolute atomic E-state index is 0.170. The van der Waals surface area contributed by atoms with E-state index < -0.39 is 5.82 Å². The van der Waals surface area contributed by atoms with E-state index in [9.17, 15) is 4.39 Å². The SMILES string of the molecule is C[C@@H](N)c1ccccc1Oc1cc(Br)ccc1F. The van der Waals surface area contributed by atoms with Crippen LogP contribution in [0.4, 0.5) is 4.39 Å². The summed E-state index contributed by atoms with van der Waals surface area (Å²) in [5.41, 5.74) is 6.70. The highest BCUT2D eigenvalue weighted by molar-refractivity contribution is 9.10. The number of hydrogen-bond acceptors (Lipinski definition) is 2. The van der Waals surface area contributed by atoms with Crippen molar-refractivity contribution in [2.24, 2.45) is 5.73 Å². The molecule has 4 heteroatoms. The van der Waals surface area contributed by atoms with E-state index in [4.69, 9.17) is 10.5 Å². The molecule has 0 radical (unpaired) electrons. The van der Waals surface area contributed by atoms with Crippen molar-refractivity contribution in [2.75, 3.05) is 0 Å². The lowest BCUT2D eigenvalue weighted by molar-refractivity contribution is 0.434. The van der Waals surface area contributed by atoms with E-state index in [-0.39, 0.29) is 11.8 Å². The Morgan fingerprint density at radius 2 is 1.89 bits per heavy atom. The third-order valence-corrected chi connectivity index (χ3v) is 3.02. The molecular formula is C14H13BrFNO. The highest BCUT2D eigenvalue weighted by atomic mass is 79.9. The van der Waals surface area contributed by atoms with Gasteiger partial charge in [0.1, 0.15) is 5.75 Å². The van der Waals surface area contributed by atoms with Crippen LogP contribution in [0.1, 0.15) is 18.5 Å². The first-order chi connectivity index (χ1) is 8.58. The van der Waals surface area contributed by atoms with Crippen LogP contribution in [0.15, 0.2) is 46.9 Å². The molecule has 0 unspecified atom stereocenters. The van der Waals surface area contributed by atoms with Gasteiger partial charge in [-0.05, 0) is 31.2 Å². The maximum atomic E-state index is 13.6. The second-order valence-corrected chi connectivity index (χ2v) is 4.92. The van der Waals surface area contributed by atoms with Crippen molar-refractivity contribution in [1.82, 2.24) is 0 Å². The van der Waals surface area contributed by atoms with Gasteiger partial charge in [0.05, 0.1) is 0 Å². The third-order valence-electron chi connectivity index (χ3n) is 2.52. The molecule has 18 heavy (non-hydrogen) atoms. The van der Waals surface area contributed by atoms with Crippen LogP contribution >= 0.6 is 15.9 Å². The first-order valence-corrected chi connectivity index (χ1v) is 6.34. The summed E-state index contributed by atoms with van der Waals surface area (Å²) in [4.78, 5) is 0. The van der Waals surface area contributed by atoms with E-state index in [2.05, 4.69) is 15.9 Å². The van der Waals surface area contributed by atoms with Crippen molar-refractivity contribution in [2.45, 2.75) is 13.0 Å². The van der Waals surface area contributed by atoms with Gasteiger partial charge in [0.25, 0.3) is 0 Å². The van der Waals surface area contributed by atoms with Crippen LogP contribution < -0.4 is 10.5 Å². The minimum Gasteiger partial charge on any atom is -0.454 e. The third kappa shape index (κ3) is 2.89. The largest absolute Gasteiger partial charge is 0.454 e. The Hall–Kier alpha value is -1.39. The number of nitrogens with two attached hydrogens (primary N) is 1. The molecule has 2 rings (SSSR count). The number of ether oxygens (including phenoxy) is 1. The summed E-state index contributed by atoms with van der Waals surface area (Å²) in [6.07, 6.45) is 0. The Morgan fingerprint density at radius 1 is 1.17 bits per heavy atom. The normalized spacial score (nSPS) is 12.2. The van der Waals surface area contributed by atoms with Gasteiger partial charge in [-0.3, -0.25) is 0 Å². The molecule has 2 nitrogen and oxygen atoms in total. The highest BCUT2D eigenvalue weighted by Gasteiger charge is 2.11. The fourth-order valence-corrected chi connectivity index (χ4v) is 1.96. The Bertz CT molecular complexity index is 557. The molecular weight excluding hydrogens is 297 g/mol. The molecule has 0 aliphatic carbocycles. The van der Waals surface area contributed by atoms with Gasteiger partial charge in [0, 0.05) is 16.1 Å². The molecule has 2 aromatic carbocycles. The Balaban J connectivity index is 2.37. The van der Waals surface area contributed by atoms with Gasteiger partial charge in [-0.2, -0.15) is 0 Å². The maximum absolute atomic E-state index is 13.6. The zero-order valence-electron chi connectivity index (χ0n) is 9.86. The summed E-state index contributed by atoms with van der Waals surface area (Å²) in [6.45, 7) is 1.86. The highest BCUT2D eigenvalue weighted by Crippen LogP contribution is 2.31. The summed E-state index contributed by atoms with van der Waals surface area (Å²) in [6, 6.07) is 11.8.